The van der Waals surface area contributed by atoms with E-state index in [4.69, 9.17) is 0 Å². The SMILES string of the molecule is CCCCC12CC=C(CC1)C2. The Hall–Kier alpha value is -0.260. The maximum atomic E-state index is 2.50. The molecule has 0 aliphatic heterocycles. The van der Waals surface area contributed by atoms with Crippen LogP contribution in [0.4, 0.5) is 0 Å². The molecule has 2 aliphatic carbocycles. The summed E-state index contributed by atoms with van der Waals surface area (Å²) in [5.41, 5.74) is 2.53. The lowest BCUT2D eigenvalue weighted by molar-refractivity contribution is 0.280. The van der Waals surface area contributed by atoms with Crippen LogP contribution >= 0.6 is 0 Å². The molecule has 0 heteroatoms. The summed E-state index contributed by atoms with van der Waals surface area (Å²) in [7, 11) is 0. The van der Waals surface area contributed by atoms with Crippen LogP contribution in [0.15, 0.2) is 11.6 Å². The Bertz CT molecular complexity index is 178. The second-order valence-corrected chi connectivity index (χ2v) is 4.35. The molecular formula is C11H18. The highest BCUT2D eigenvalue weighted by Gasteiger charge is 2.38. The Morgan fingerprint density at radius 2 is 2.45 bits per heavy atom. The Morgan fingerprint density at radius 1 is 1.55 bits per heavy atom. The summed E-state index contributed by atoms with van der Waals surface area (Å²) in [6.07, 6.45) is 12.6. The molecule has 0 heterocycles. The molecule has 1 saturated carbocycles. The van der Waals surface area contributed by atoms with Gasteiger partial charge in [-0.1, -0.05) is 31.4 Å². The van der Waals surface area contributed by atoms with Gasteiger partial charge in [0.15, 0.2) is 0 Å². The van der Waals surface area contributed by atoms with E-state index in [-0.39, 0.29) is 0 Å². The van der Waals surface area contributed by atoms with Crippen LogP contribution in [0.5, 0.6) is 0 Å². The Balaban J connectivity index is 1.93. The van der Waals surface area contributed by atoms with Gasteiger partial charge in [0.05, 0.1) is 0 Å². The molecule has 0 aromatic carbocycles. The summed E-state index contributed by atoms with van der Waals surface area (Å²) in [6, 6.07) is 0. The molecular weight excluding hydrogens is 132 g/mol. The normalized spacial score (nSPS) is 34.5. The number of unbranched alkanes of at least 4 members (excludes halogenated alkanes) is 1. The standard InChI is InChI=1S/C11H18/c1-2-3-6-11-7-4-10(9-11)5-8-11/h4H,2-3,5-9H2,1H3. The second kappa shape index (κ2) is 2.66. The van der Waals surface area contributed by atoms with Crippen LogP contribution in [0.1, 0.15) is 51.9 Å². The zero-order valence-corrected chi connectivity index (χ0v) is 7.53. The van der Waals surface area contributed by atoms with Gasteiger partial charge in [0, 0.05) is 0 Å². The van der Waals surface area contributed by atoms with E-state index in [0.717, 1.165) is 5.41 Å². The van der Waals surface area contributed by atoms with Gasteiger partial charge < -0.3 is 0 Å². The van der Waals surface area contributed by atoms with Crippen LogP contribution in [0, 0.1) is 5.41 Å². The van der Waals surface area contributed by atoms with Crippen molar-refractivity contribution >= 4 is 0 Å². The van der Waals surface area contributed by atoms with Gasteiger partial charge in [-0.15, -0.1) is 0 Å². The van der Waals surface area contributed by atoms with Crippen molar-refractivity contribution in [3.8, 4) is 0 Å². The summed E-state index contributed by atoms with van der Waals surface area (Å²) in [5.74, 6) is 0. The highest BCUT2D eigenvalue weighted by molar-refractivity contribution is 5.20. The van der Waals surface area contributed by atoms with Gasteiger partial charge in [-0.2, -0.15) is 0 Å². The van der Waals surface area contributed by atoms with Crippen molar-refractivity contribution in [2.45, 2.75) is 51.9 Å². The van der Waals surface area contributed by atoms with Crippen molar-refractivity contribution in [3.63, 3.8) is 0 Å². The Kier molecular flexibility index (Phi) is 1.78. The predicted octanol–water partition coefficient (Wildman–Crippen LogP) is 3.68. The summed E-state index contributed by atoms with van der Waals surface area (Å²) >= 11 is 0. The van der Waals surface area contributed by atoms with E-state index in [1.807, 2.05) is 0 Å². The first-order chi connectivity index (χ1) is 5.35. The molecule has 2 bridgehead atoms. The number of hydrogen-bond donors (Lipinski definition) is 0. The van der Waals surface area contributed by atoms with Crippen LogP contribution in [0.3, 0.4) is 0 Å². The average Bonchev–Trinajstić information content (AvgIpc) is 2.60. The van der Waals surface area contributed by atoms with E-state index in [9.17, 15) is 0 Å². The van der Waals surface area contributed by atoms with E-state index in [0.29, 0.717) is 0 Å². The molecule has 11 heavy (non-hydrogen) atoms. The zero-order chi connectivity index (χ0) is 7.73. The molecule has 0 radical (unpaired) electrons. The third-order valence-corrected chi connectivity index (χ3v) is 3.46. The minimum absolute atomic E-state index is 0.769. The average molecular weight is 150 g/mol. The lowest BCUT2D eigenvalue weighted by Gasteiger charge is -2.24. The summed E-state index contributed by atoms with van der Waals surface area (Å²) < 4.78 is 0. The topological polar surface area (TPSA) is 0 Å². The first kappa shape index (κ1) is 7.39. The minimum atomic E-state index is 0.769. The van der Waals surface area contributed by atoms with Crippen molar-refractivity contribution < 1.29 is 0 Å². The first-order valence-electron chi connectivity index (χ1n) is 5.03. The zero-order valence-electron chi connectivity index (χ0n) is 7.53. The lowest BCUT2D eigenvalue weighted by atomic mass is 9.80. The molecule has 0 N–H and O–H groups in total. The number of hydrogen-bond acceptors (Lipinski definition) is 0. The summed E-state index contributed by atoms with van der Waals surface area (Å²) in [5, 5.41) is 0. The molecule has 2 aliphatic rings. The van der Waals surface area contributed by atoms with E-state index >= 15 is 0 Å². The molecule has 2 rings (SSSR count). The van der Waals surface area contributed by atoms with E-state index in [1.165, 1.54) is 44.9 Å². The smallest absolute Gasteiger partial charge is 0.0223 e. The second-order valence-electron chi connectivity index (χ2n) is 4.35. The molecule has 62 valence electrons. The van der Waals surface area contributed by atoms with Gasteiger partial charge >= 0.3 is 0 Å². The van der Waals surface area contributed by atoms with Crippen LogP contribution < -0.4 is 0 Å². The van der Waals surface area contributed by atoms with Crippen LogP contribution in [-0.2, 0) is 0 Å². The fraction of sp³-hybridized carbons (Fsp3) is 0.818. The predicted molar refractivity (Wildman–Crippen MR) is 48.5 cm³/mol. The van der Waals surface area contributed by atoms with Gasteiger partial charge in [0.25, 0.3) is 0 Å². The van der Waals surface area contributed by atoms with Gasteiger partial charge in [-0.3, -0.25) is 0 Å². The van der Waals surface area contributed by atoms with Crippen LogP contribution in [-0.4, -0.2) is 0 Å². The molecule has 0 spiro atoms. The highest BCUT2D eigenvalue weighted by Crippen LogP contribution is 2.52. The van der Waals surface area contributed by atoms with Crippen molar-refractivity contribution in [1.29, 1.82) is 0 Å². The molecule has 0 nitrogen and oxygen atoms in total. The molecule has 1 unspecified atom stereocenters. The van der Waals surface area contributed by atoms with E-state index in [2.05, 4.69) is 13.0 Å². The summed E-state index contributed by atoms with van der Waals surface area (Å²) in [6.45, 7) is 2.30. The maximum absolute atomic E-state index is 2.50. The van der Waals surface area contributed by atoms with Crippen molar-refractivity contribution in [1.82, 2.24) is 0 Å². The fourth-order valence-electron chi connectivity index (χ4n) is 2.66. The Morgan fingerprint density at radius 3 is 2.91 bits per heavy atom. The molecule has 0 aromatic rings. The van der Waals surface area contributed by atoms with Gasteiger partial charge in [0.1, 0.15) is 0 Å². The quantitative estimate of drug-likeness (QED) is 0.538. The van der Waals surface area contributed by atoms with Gasteiger partial charge in [-0.25, -0.2) is 0 Å². The molecule has 0 amide bonds. The molecule has 0 aromatic heterocycles. The minimum Gasteiger partial charge on any atom is -0.0847 e. The number of allylic oxidation sites excluding steroid dienone is 2. The third-order valence-electron chi connectivity index (χ3n) is 3.46. The molecule has 0 saturated heterocycles. The number of rotatable bonds is 3. The van der Waals surface area contributed by atoms with Crippen molar-refractivity contribution in [3.05, 3.63) is 11.6 Å². The van der Waals surface area contributed by atoms with Crippen molar-refractivity contribution in [2.75, 3.05) is 0 Å². The maximum Gasteiger partial charge on any atom is -0.0223 e. The summed E-state index contributed by atoms with van der Waals surface area (Å²) in [4.78, 5) is 0. The fourth-order valence-corrected chi connectivity index (χ4v) is 2.66. The monoisotopic (exact) mass is 150 g/mol. The lowest BCUT2D eigenvalue weighted by Crippen LogP contribution is -2.12. The van der Waals surface area contributed by atoms with Crippen LogP contribution in [0.2, 0.25) is 0 Å². The number of fused-ring (bicyclic) bond motifs is 2. The van der Waals surface area contributed by atoms with E-state index in [1.54, 1.807) is 5.57 Å². The van der Waals surface area contributed by atoms with Crippen molar-refractivity contribution in [2.24, 2.45) is 5.41 Å². The van der Waals surface area contributed by atoms with Crippen LogP contribution in [0.25, 0.3) is 0 Å². The van der Waals surface area contributed by atoms with E-state index < -0.39 is 0 Å². The highest BCUT2D eigenvalue weighted by atomic mass is 14.4. The molecule has 1 fully saturated rings. The first-order valence-corrected chi connectivity index (χ1v) is 5.03. The molecule has 1 atom stereocenters. The third kappa shape index (κ3) is 1.23. The van der Waals surface area contributed by atoms with Gasteiger partial charge in [-0.05, 0) is 37.5 Å². The van der Waals surface area contributed by atoms with Gasteiger partial charge in [0.2, 0.25) is 0 Å². The Labute approximate surface area is 69.7 Å². The largest absolute Gasteiger partial charge is 0.0847 e.